The first-order chi connectivity index (χ1) is 5.88. The molecule has 0 atom stereocenters. The van der Waals surface area contributed by atoms with E-state index in [9.17, 15) is 4.79 Å². The van der Waals surface area contributed by atoms with Gasteiger partial charge in [0, 0.05) is 34.2 Å². The van der Waals surface area contributed by atoms with Crippen molar-refractivity contribution in [1.29, 1.82) is 0 Å². The number of hydrogen-bond donors (Lipinski definition) is 1. The SMILES string of the molecule is O=C1NCCN1c1cc[c-]cc1.[W]. The van der Waals surface area contributed by atoms with Gasteiger partial charge in [0.2, 0.25) is 0 Å². The van der Waals surface area contributed by atoms with Gasteiger partial charge in [-0.05, 0) is 0 Å². The number of amides is 2. The summed E-state index contributed by atoms with van der Waals surface area (Å²) in [6, 6.07) is 10.3. The fourth-order valence-corrected chi connectivity index (χ4v) is 1.28. The van der Waals surface area contributed by atoms with E-state index in [1.165, 1.54) is 0 Å². The molecule has 0 saturated carbocycles. The summed E-state index contributed by atoms with van der Waals surface area (Å²) in [4.78, 5) is 12.9. The minimum atomic E-state index is -0.0128. The fourth-order valence-electron chi connectivity index (χ4n) is 1.28. The monoisotopic (exact) mass is 345 g/mol. The van der Waals surface area contributed by atoms with Gasteiger partial charge in [0.25, 0.3) is 0 Å². The number of rotatable bonds is 1. The van der Waals surface area contributed by atoms with E-state index in [1.807, 2.05) is 12.1 Å². The molecule has 0 radical (unpaired) electrons. The molecule has 1 heterocycles. The summed E-state index contributed by atoms with van der Waals surface area (Å²) in [5.74, 6) is 0. The van der Waals surface area contributed by atoms with Crippen LogP contribution in [0.25, 0.3) is 0 Å². The first-order valence-corrected chi connectivity index (χ1v) is 3.89. The minimum Gasteiger partial charge on any atom is -0.336 e. The molecule has 0 aromatic heterocycles. The average Bonchev–Trinajstić information content (AvgIpc) is 2.53. The van der Waals surface area contributed by atoms with Gasteiger partial charge in [0.05, 0.1) is 0 Å². The van der Waals surface area contributed by atoms with Gasteiger partial charge >= 0.3 is 6.03 Å². The summed E-state index contributed by atoms with van der Waals surface area (Å²) in [6.07, 6.45) is 0. The summed E-state index contributed by atoms with van der Waals surface area (Å²) < 4.78 is 0. The van der Waals surface area contributed by atoms with Gasteiger partial charge in [-0.25, -0.2) is 4.79 Å². The molecule has 3 nitrogen and oxygen atoms in total. The Bertz CT molecular complexity index is 289. The molecule has 1 aromatic carbocycles. The number of anilines is 1. The Labute approximate surface area is 91.4 Å². The Balaban J connectivity index is 0.000000845. The molecule has 0 unspecified atom stereocenters. The van der Waals surface area contributed by atoms with E-state index < -0.39 is 0 Å². The van der Waals surface area contributed by atoms with Crippen molar-refractivity contribution in [2.24, 2.45) is 0 Å². The second-order valence-electron chi connectivity index (χ2n) is 2.64. The minimum absolute atomic E-state index is 0. The first-order valence-electron chi connectivity index (χ1n) is 3.89. The quantitative estimate of drug-likeness (QED) is 0.758. The van der Waals surface area contributed by atoms with Crippen LogP contribution in [0.3, 0.4) is 0 Å². The normalized spacial score (nSPS) is 15.1. The van der Waals surface area contributed by atoms with E-state index in [4.69, 9.17) is 0 Å². The van der Waals surface area contributed by atoms with Crippen molar-refractivity contribution in [3.63, 3.8) is 0 Å². The second kappa shape index (κ2) is 4.42. The Morgan fingerprint density at radius 3 is 2.62 bits per heavy atom. The number of hydrogen-bond acceptors (Lipinski definition) is 1. The third kappa shape index (κ3) is 2.10. The number of nitrogens with one attached hydrogen (secondary N) is 1. The summed E-state index contributed by atoms with van der Waals surface area (Å²) in [7, 11) is 0. The van der Waals surface area contributed by atoms with E-state index in [0.29, 0.717) is 0 Å². The van der Waals surface area contributed by atoms with Crippen LogP contribution in [-0.4, -0.2) is 19.1 Å². The van der Waals surface area contributed by atoms with Gasteiger partial charge in [-0.3, -0.25) is 0 Å². The van der Waals surface area contributed by atoms with Crippen LogP contribution >= 0.6 is 0 Å². The Hall–Kier alpha value is -0.822. The zero-order chi connectivity index (χ0) is 8.39. The Kier molecular flexibility index (Phi) is 3.49. The van der Waals surface area contributed by atoms with Gasteiger partial charge in [0.1, 0.15) is 0 Å². The van der Waals surface area contributed by atoms with Crippen molar-refractivity contribution in [1.82, 2.24) is 5.32 Å². The molecule has 4 heteroatoms. The van der Waals surface area contributed by atoms with Crippen LogP contribution in [0.4, 0.5) is 10.5 Å². The molecule has 1 aromatic rings. The van der Waals surface area contributed by atoms with Gasteiger partial charge < -0.3 is 10.2 Å². The van der Waals surface area contributed by atoms with E-state index in [1.54, 1.807) is 17.0 Å². The van der Waals surface area contributed by atoms with Gasteiger partial charge in [-0.1, -0.05) is 5.69 Å². The van der Waals surface area contributed by atoms with Crippen LogP contribution in [0.2, 0.25) is 0 Å². The van der Waals surface area contributed by atoms with Crippen molar-refractivity contribution >= 4 is 11.7 Å². The molecule has 0 aliphatic carbocycles. The third-order valence-electron chi connectivity index (χ3n) is 1.87. The molecule has 2 amide bonds. The molecule has 2 rings (SSSR count). The average molecular weight is 345 g/mol. The largest absolute Gasteiger partial charge is 0.336 e. The molecule has 13 heavy (non-hydrogen) atoms. The summed E-state index contributed by atoms with van der Waals surface area (Å²) >= 11 is 0. The summed E-state index contributed by atoms with van der Waals surface area (Å²) in [5, 5.41) is 2.74. The number of benzene rings is 1. The molecule has 1 fully saturated rings. The van der Waals surface area contributed by atoms with Gasteiger partial charge in [-0.2, -0.15) is 18.2 Å². The molecule has 1 aliphatic rings. The Morgan fingerprint density at radius 2 is 2.08 bits per heavy atom. The van der Waals surface area contributed by atoms with Crippen LogP contribution in [-0.2, 0) is 21.1 Å². The van der Waals surface area contributed by atoms with Gasteiger partial charge in [-0.15, -0.1) is 12.1 Å². The maximum Gasteiger partial charge on any atom is 0.320 e. The molecule has 0 spiro atoms. The molecular formula is C9H9N2OW-. The molecule has 68 valence electrons. The van der Waals surface area contributed by atoms with Crippen molar-refractivity contribution in [3.8, 4) is 0 Å². The van der Waals surface area contributed by atoms with Crippen molar-refractivity contribution < 1.29 is 25.9 Å². The van der Waals surface area contributed by atoms with Crippen LogP contribution in [0.15, 0.2) is 24.3 Å². The molecule has 1 N–H and O–H groups in total. The predicted molar refractivity (Wildman–Crippen MR) is 46.0 cm³/mol. The van der Waals surface area contributed by atoms with Crippen LogP contribution in [0.1, 0.15) is 0 Å². The smallest absolute Gasteiger partial charge is 0.320 e. The van der Waals surface area contributed by atoms with E-state index in [-0.39, 0.29) is 27.1 Å². The number of carbonyl (C=O) groups is 1. The van der Waals surface area contributed by atoms with Crippen molar-refractivity contribution in [2.75, 3.05) is 18.0 Å². The van der Waals surface area contributed by atoms with Crippen LogP contribution in [0, 0.1) is 6.07 Å². The first kappa shape index (κ1) is 10.3. The summed E-state index contributed by atoms with van der Waals surface area (Å²) in [6.45, 7) is 1.49. The van der Waals surface area contributed by atoms with Crippen LogP contribution < -0.4 is 10.2 Å². The zero-order valence-electron chi connectivity index (χ0n) is 6.99. The number of carbonyl (C=O) groups excluding carboxylic acids is 1. The van der Waals surface area contributed by atoms with Crippen LogP contribution in [0.5, 0.6) is 0 Å². The topological polar surface area (TPSA) is 32.3 Å². The van der Waals surface area contributed by atoms with Crippen molar-refractivity contribution in [2.45, 2.75) is 0 Å². The van der Waals surface area contributed by atoms with Crippen molar-refractivity contribution in [3.05, 3.63) is 30.3 Å². The van der Waals surface area contributed by atoms with E-state index in [2.05, 4.69) is 11.4 Å². The fraction of sp³-hybridized carbons (Fsp3) is 0.222. The standard InChI is InChI=1S/C9H9N2O.W/c12-9-10-6-7-11(9)8-4-2-1-3-5-8;/h2-5H,6-7H2,(H,10,12);/q-1;. The van der Waals surface area contributed by atoms with E-state index >= 15 is 0 Å². The number of nitrogens with zero attached hydrogens (tertiary/aromatic N) is 1. The van der Waals surface area contributed by atoms with E-state index in [0.717, 1.165) is 18.8 Å². The number of urea groups is 1. The zero-order valence-corrected chi connectivity index (χ0v) is 9.92. The molecule has 0 bridgehead atoms. The maximum absolute atomic E-state index is 11.2. The second-order valence-corrected chi connectivity index (χ2v) is 2.64. The Morgan fingerprint density at radius 1 is 1.38 bits per heavy atom. The predicted octanol–water partition coefficient (Wildman–Crippen LogP) is 1.01. The molecule has 1 saturated heterocycles. The van der Waals surface area contributed by atoms with Gasteiger partial charge in [0.15, 0.2) is 0 Å². The molecule has 1 aliphatic heterocycles. The summed E-state index contributed by atoms with van der Waals surface area (Å²) in [5.41, 5.74) is 0.934. The maximum atomic E-state index is 11.2. The molecular weight excluding hydrogens is 336 g/mol. The third-order valence-corrected chi connectivity index (χ3v) is 1.87.